The van der Waals surface area contributed by atoms with Gasteiger partial charge in [0.25, 0.3) is 10.0 Å². The molecule has 3 rings (SSSR count). The molecule has 0 saturated carbocycles. The summed E-state index contributed by atoms with van der Waals surface area (Å²) in [6.07, 6.45) is 0. The van der Waals surface area contributed by atoms with E-state index in [1.165, 1.54) is 7.11 Å². The molecule has 0 radical (unpaired) electrons. The van der Waals surface area contributed by atoms with E-state index in [-0.39, 0.29) is 11.7 Å². The molecule has 1 aromatic heterocycles. The molecular formula is C19H17ClF2N2O3S2. The van der Waals surface area contributed by atoms with Gasteiger partial charge in [-0.05, 0) is 43.2 Å². The predicted molar refractivity (Wildman–Crippen MR) is 109 cm³/mol. The third-order valence-electron chi connectivity index (χ3n) is 4.23. The third kappa shape index (κ3) is 4.36. The van der Waals surface area contributed by atoms with Gasteiger partial charge >= 0.3 is 0 Å². The molecule has 0 fully saturated rings. The van der Waals surface area contributed by atoms with Crippen molar-refractivity contribution in [3.05, 3.63) is 69.2 Å². The molecule has 0 aliphatic heterocycles. The smallest absolute Gasteiger partial charge is 0.269 e. The average molecular weight is 459 g/mol. The second-order valence-corrected chi connectivity index (χ2v) is 9.35. The maximum absolute atomic E-state index is 14.4. The summed E-state index contributed by atoms with van der Waals surface area (Å²) in [5, 5.41) is 1.37. The van der Waals surface area contributed by atoms with Crippen molar-refractivity contribution < 1.29 is 21.9 Å². The minimum atomic E-state index is -4.42. The first-order valence-corrected chi connectivity index (χ1v) is 11.1. The molecule has 2 aromatic carbocycles. The van der Waals surface area contributed by atoms with Crippen LogP contribution in [0, 0.1) is 25.5 Å². The van der Waals surface area contributed by atoms with Gasteiger partial charge in [-0.15, -0.1) is 11.3 Å². The fourth-order valence-corrected chi connectivity index (χ4v) is 5.38. The summed E-state index contributed by atoms with van der Waals surface area (Å²) in [6, 6.07) is 6.43. The zero-order chi connectivity index (χ0) is 21.3. The molecule has 10 heteroatoms. The van der Waals surface area contributed by atoms with E-state index < -0.39 is 31.6 Å². The average Bonchev–Trinajstić information content (AvgIpc) is 3.09. The van der Waals surface area contributed by atoms with E-state index >= 15 is 0 Å². The topological polar surface area (TPSA) is 59.5 Å². The number of sulfonamides is 1. The molecule has 0 atom stereocenters. The summed E-state index contributed by atoms with van der Waals surface area (Å²) in [4.78, 5) is 3.52. The van der Waals surface area contributed by atoms with E-state index in [2.05, 4.69) is 4.98 Å². The fourth-order valence-electron chi connectivity index (χ4n) is 2.66. The van der Waals surface area contributed by atoms with Crippen LogP contribution in [0.5, 0.6) is 5.75 Å². The Hall–Kier alpha value is -2.23. The van der Waals surface area contributed by atoms with Gasteiger partial charge in [-0.25, -0.2) is 26.5 Å². The molecule has 0 amide bonds. The van der Waals surface area contributed by atoms with Crippen LogP contribution < -0.4 is 9.04 Å². The lowest BCUT2D eigenvalue weighted by Crippen LogP contribution is -2.31. The van der Waals surface area contributed by atoms with Crippen LogP contribution in [0.15, 0.2) is 40.6 Å². The molecular weight excluding hydrogens is 442 g/mol. The second-order valence-electron chi connectivity index (χ2n) is 6.27. The highest BCUT2D eigenvalue weighted by Crippen LogP contribution is 2.32. The third-order valence-corrected chi connectivity index (χ3v) is 7.36. The molecule has 0 aliphatic carbocycles. The molecule has 0 unspecified atom stereocenters. The Balaban J connectivity index is 2.13. The van der Waals surface area contributed by atoms with Crippen molar-refractivity contribution in [2.24, 2.45) is 0 Å². The van der Waals surface area contributed by atoms with Crippen molar-refractivity contribution in [2.75, 3.05) is 11.4 Å². The van der Waals surface area contributed by atoms with Crippen LogP contribution in [-0.4, -0.2) is 20.5 Å². The minimum Gasteiger partial charge on any atom is -0.497 e. The van der Waals surface area contributed by atoms with Crippen LogP contribution in [0.1, 0.15) is 16.8 Å². The van der Waals surface area contributed by atoms with Gasteiger partial charge in [-0.2, -0.15) is 0 Å². The Morgan fingerprint density at radius 3 is 2.48 bits per heavy atom. The summed E-state index contributed by atoms with van der Waals surface area (Å²) >= 11 is 6.82. The number of ether oxygens (including phenoxy) is 1. The van der Waals surface area contributed by atoms with Crippen molar-refractivity contribution in [1.82, 2.24) is 4.98 Å². The van der Waals surface area contributed by atoms with Gasteiger partial charge in [-0.1, -0.05) is 17.7 Å². The fraction of sp³-hybridized carbons (Fsp3) is 0.211. The maximum atomic E-state index is 14.4. The Bertz CT molecular complexity index is 1170. The van der Waals surface area contributed by atoms with Crippen LogP contribution in [0.2, 0.25) is 5.02 Å². The number of thiazole rings is 1. The lowest BCUT2D eigenvalue weighted by Gasteiger charge is -2.23. The van der Waals surface area contributed by atoms with Gasteiger partial charge in [0, 0.05) is 11.4 Å². The molecule has 1 heterocycles. The zero-order valence-electron chi connectivity index (χ0n) is 15.7. The Kier molecular flexibility index (Phi) is 6.11. The first-order chi connectivity index (χ1) is 13.6. The van der Waals surface area contributed by atoms with E-state index in [0.717, 1.165) is 27.3 Å². The SMILES string of the molecule is COc1ccc(CN(c2nc(C)cs2)S(=O)(=O)c2cc(Cl)c(F)cc2F)c(C)c1. The number of hydrogen-bond donors (Lipinski definition) is 0. The highest BCUT2D eigenvalue weighted by molar-refractivity contribution is 7.93. The van der Waals surface area contributed by atoms with Gasteiger partial charge in [0.05, 0.1) is 24.4 Å². The zero-order valence-corrected chi connectivity index (χ0v) is 18.1. The Labute approximate surface area is 176 Å². The van der Waals surface area contributed by atoms with Crippen molar-refractivity contribution in [2.45, 2.75) is 25.3 Å². The number of benzene rings is 2. The quantitative estimate of drug-likeness (QED) is 0.482. The number of halogens is 3. The van der Waals surface area contributed by atoms with E-state index in [0.29, 0.717) is 23.1 Å². The molecule has 0 aliphatic rings. The van der Waals surface area contributed by atoms with Crippen LogP contribution in [0.25, 0.3) is 0 Å². The van der Waals surface area contributed by atoms with E-state index in [1.54, 1.807) is 30.5 Å². The van der Waals surface area contributed by atoms with Crippen LogP contribution in [0.4, 0.5) is 13.9 Å². The monoisotopic (exact) mass is 458 g/mol. The largest absolute Gasteiger partial charge is 0.497 e. The maximum Gasteiger partial charge on any atom is 0.269 e. The second kappa shape index (κ2) is 8.25. The van der Waals surface area contributed by atoms with Crippen molar-refractivity contribution >= 4 is 38.1 Å². The van der Waals surface area contributed by atoms with Crippen LogP contribution >= 0.6 is 22.9 Å². The lowest BCUT2D eigenvalue weighted by molar-refractivity contribution is 0.414. The number of aromatic nitrogens is 1. The number of aryl methyl sites for hydroxylation is 2. The number of nitrogens with zero attached hydrogens (tertiary/aromatic N) is 2. The van der Waals surface area contributed by atoms with Crippen LogP contribution in [-0.2, 0) is 16.6 Å². The van der Waals surface area contributed by atoms with Crippen molar-refractivity contribution in [3.63, 3.8) is 0 Å². The molecule has 154 valence electrons. The highest BCUT2D eigenvalue weighted by atomic mass is 35.5. The van der Waals surface area contributed by atoms with E-state index in [4.69, 9.17) is 16.3 Å². The standard InChI is InChI=1S/C19H17ClF2N2O3S2/c1-11-6-14(27-3)5-4-13(11)9-24(19-23-12(2)10-28-19)29(25,26)18-7-15(20)16(21)8-17(18)22/h4-8,10H,9H2,1-3H3. The molecule has 0 saturated heterocycles. The number of anilines is 1. The Morgan fingerprint density at radius 1 is 1.17 bits per heavy atom. The predicted octanol–water partition coefficient (Wildman–Crippen LogP) is 5.10. The number of methoxy groups -OCH3 is 1. The normalized spacial score (nSPS) is 11.5. The molecule has 0 spiro atoms. The summed E-state index contributed by atoms with van der Waals surface area (Å²) in [6.45, 7) is 3.43. The van der Waals surface area contributed by atoms with Gasteiger partial charge < -0.3 is 4.74 Å². The molecule has 0 bridgehead atoms. The van der Waals surface area contributed by atoms with Crippen molar-refractivity contribution in [1.29, 1.82) is 0 Å². The molecule has 29 heavy (non-hydrogen) atoms. The Morgan fingerprint density at radius 2 is 1.90 bits per heavy atom. The number of rotatable bonds is 6. The lowest BCUT2D eigenvalue weighted by atomic mass is 10.1. The molecule has 3 aromatic rings. The first-order valence-electron chi connectivity index (χ1n) is 8.36. The van der Waals surface area contributed by atoms with Gasteiger partial charge in [0.1, 0.15) is 22.3 Å². The minimum absolute atomic E-state index is 0.0977. The number of hydrogen-bond acceptors (Lipinski definition) is 5. The molecule has 5 nitrogen and oxygen atoms in total. The summed E-state index contributed by atoms with van der Waals surface area (Å²) in [7, 11) is -2.89. The summed E-state index contributed by atoms with van der Waals surface area (Å²) in [5.74, 6) is -1.63. The summed E-state index contributed by atoms with van der Waals surface area (Å²) in [5.41, 5.74) is 2.08. The summed E-state index contributed by atoms with van der Waals surface area (Å²) < 4.78 is 60.7. The molecule has 0 N–H and O–H groups in total. The van der Waals surface area contributed by atoms with Crippen molar-refractivity contribution in [3.8, 4) is 5.75 Å². The van der Waals surface area contributed by atoms with E-state index in [1.807, 2.05) is 6.92 Å². The van der Waals surface area contributed by atoms with Crippen LogP contribution in [0.3, 0.4) is 0 Å². The first kappa shape index (κ1) is 21.5. The van der Waals surface area contributed by atoms with Gasteiger partial charge in [-0.3, -0.25) is 0 Å². The highest BCUT2D eigenvalue weighted by Gasteiger charge is 2.31. The van der Waals surface area contributed by atoms with Gasteiger partial charge in [0.2, 0.25) is 0 Å². The van der Waals surface area contributed by atoms with Gasteiger partial charge in [0.15, 0.2) is 5.13 Å². The van der Waals surface area contributed by atoms with E-state index in [9.17, 15) is 17.2 Å².